The van der Waals surface area contributed by atoms with Crippen LogP contribution in [-0.2, 0) is 12.8 Å². The molecular weight excluding hydrogens is 250 g/mol. The highest BCUT2D eigenvalue weighted by Gasteiger charge is 2.15. The highest BCUT2D eigenvalue weighted by atomic mass is 16.5. The second-order valence-electron chi connectivity index (χ2n) is 4.68. The molecule has 1 unspecified atom stereocenters. The average Bonchev–Trinajstić information content (AvgIpc) is 2.53. The minimum atomic E-state index is -0.0221. The van der Waals surface area contributed by atoms with Crippen LogP contribution < -0.4 is 16.0 Å². The monoisotopic (exact) mass is 271 g/mol. The molecule has 0 spiro atoms. The largest absolute Gasteiger partial charge is 0.496 e. The Morgan fingerprint density at radius 2 is 2.05 bits per heavy atom. The average molecular weight is 271 g/mol. The van der Waals surface area contributed by atoms with E-state index in [-0.39, 0.29) is 6.04 Å². The number of aromatic nitrogens is 1. The van der Waals surface area contributed by atoms with Gasteiger partial charge in [0.25, 0.3) is 0 Å². The van der Waals surface area contributed by atoms with Crippen LogP contribution in [0.25, 0.3) is 0 Å². The third kappa shape index (κ3) is 3.35. The summed E-state index contributed by atoms with van der Waals surface area (Å²) in [5, 5.41) is 0. The minimum absolute atomic E-state index is 0.0221. The Balaban J connectivity index is 2.19. The summed E-state index contributed by atoms with van der Waals surface area (Å²) in [6, 6.07) is 12.0. The molecule has 1 heterocycles. The first-order chi connectivity index (χ1) is 9.78. The molecule has 4 heteroatoms. The Morgan fingerprint density at radius 3 is 2.65 bits per heavy atom. The van der Waals surface area contributed by atoms with Gasteiger partial charge < -0.3 is 4.74 Å². The number of aryl methyl sites for hydroxylation is 1. The van der Waals surface area contributed by atoms with E-state index < -0.39 is 0 Å². The lowest BCUT2D eigenvalue weighted by Gasteiger charge is -2.18. The molecular formula is C16H21N3O. The van der Waals surface area contributed by atoms with Crippen molar-refractivity contribution in [3.63, 3.8) is 0 Å². The van der Waals surface area contributed by atoms with Gasteiger partial charge in [-0.2, -0.15) is 0 Å². The number of pyridine rings is 1. The first-order valence-corrected chi connectivity index (χ1v) is 6.81. The Bertz CT molecular complexity index is 540. The van der Waals surface area contributed by atoms with E-state index in [2.05, 4.69) is 29.5 Å². The topological polar surface area (TPSA) is 60.2 Å². The van der Waals surface area contributed by atoms with Gasteiger partial charge in [-0.25, -0.2) is 0 Å². The second-order valence-corrected chi connectivity index (χ2v) is 4.68. The summed E-state index contributed by atoms with van der Waals surface area (Å²) < 4.78 is 5.39. The zero-order chi connectivity index (χ0) is 14.4. The summed E-state index contributed by atoms with van der Waals surface area (Å²) in [5.41, 5.74) is 6.14. The fourth-order valence-corrected chi connectivity index (χ4v) is 2.21. The third-order valence-electron chi connectivity index (χ3n) is 3.42. The zero-order valence-electron chi connectivity index (χ0n) is 12.0. The molecule has 3 N–H and O–H groups in total. The van der Waals surface area contributed by atoms with Crippen molar-refractivity contribution in [2.75, 3.05) is 7.11 Å². The van der Waals surface area contributed by atoms with E-state index in [9.17, 15) is 0 Å². The van der Waals surface area contributed by atoms with Crippen LogP contribution in [0.5, 0.6) is 5.75 Å². The van der Waals surface area contributed by atoms with E-state index in [1.165, 1.54) is 5.56 Å². The van der Waals surface area contributed by atoms with Gasteiger partial charge in [-0.3, -0.25) is 16.3 Å². The van der Waals surface area contributed by atoms with Gasteiger partial charge in [-0.05, 0) is 24.1 Å². The molecule has 1 atom stereocenters. The number of nitrogens with one attached hydrogen (secondary N) is 1. The maximum absolute atomic E-state index is 5.70. The van der Waals surface area contributed by atoms with Crippen LogP contribution in [0.3, 0.4) is 0 Å². The fourth-order valence-electron chi connectivity index (χ4n) is 2.21. The molecule has 0 radical (unpaired) electrons. The molecule has 0 amide bonds. The van der Waals surface area contributed by atoms with E-state index in [1.54, 1.807) is 7.11 Å². The van der Waals surface area contributed by atoms with E-state index in [1.807, 2.05) is 30.5 Å². The number of ether oxygens (including phenoxy) is 1. The van der Waals surface area contributed by atoms with Gasteiger partial charge in [-0.1, -0.05) is 31.2 Å². The summed E-state index contributed by atoms with van der Waals surface area (Å²) in [5.74, 6) is 6.53. The van der Waals surface area contributed by atoms with Gasteiger partial charge in [0.15, 0.2) is 0 Å². The van der Waals surface area contributed by atoms with Crippen LogP contribution in [0, 0.1) is 0 Å². The SMILES string of the molecule is CCc1ccc(CC(NN)c2ccccc2OC)nc1. The lowest BCUT2D eigenvalue weighted by Crippen LogP contribution is -2.30. The maximum atomic E-state index is 5.70. The summed E-state index contributed by atoms with van der Waals surface area (Å²) in [7, 11) is 1.67. The molecule has 0 aliphatic rings. The first kappa shape index (κ1) is 14.5. The molecule has 0 saturated heterocycles. The normalized spacial score (nSPS) is 12.2. The lowest BCUT2D eigenvalue weighted by molar-refractivity contribution is 0.398. The summed E-state index contributed by atoms with van der Waals surface area (Å²) in [6.45, 7) is 2.12. The summed E-state index contributed by atoms with van der Waals surface area (Å²) in [6.07, 6.45) is 3.64. The number of nitrogens with two attached hydrogens (primary N) is 1. The van der Waals surface area contributed by atoms with Gasteiger partial charge >= 0.3 is 0 Å². The minimum Gasteiger partial charge on any atom is -0.496 e. The van der Waals surface area contributed by atoms with Crippen molar-refractivity contribution in [1.82, 2.24) is 10.4 Å². The molecule has 106 valence electrons. The lowest BCUT2D eigenvalue weighted by atomic mass is 10.0. The van der Waals surface area contributed by atoms with E-state index in [0.717, 1.165) is 29.8 Å². The number of nitrogens with zero attached hydrogens (tertiary/aromatic N) is 1. The van der Waals surface area contributed by atoms with Crippen molar-refractivity contribution >= 4 is 0 Å². The second kappa shape index (κ2) is 7.03. The predicted molar refractivity (Wildman–Crippen MR) is 80.4 cm³/mol. The van der Waals surface area contributed by atoms with Crippen molar-refractivity contribution in [1.29, 1.82) is 0 Å². The Morgan fingerprint density at radius 1 is 1.25 bits per heavy atom. The smallest absolute Gasteiger partial charge is 0.123 e. The van der Waals surface area contributed by atoms with Gasteiger partial charge in [-0.15, -0.1) is 0 Å². The number of hydrazine groups is 1. The van der Waals surface area contributed by atoms with Crippen LogP contribution in [0.1, 0.15) is 29.8 Å². The number of methoxy groups -OCH3 is 1. The Hall–Kier alpha value is -1.91. The van der Waals surface area contributed by atoms with Gasteiger partial charge in [0.05, 0.1) is 13.2 Å². The zero-order valence-corrected chi connectivity index (χ0v) is 12.0. The molecule has 0 saturated carbocycles. The molecule has 0 aliphatic carbocycles. The number of benzene rings is 1. The molecule has 2 rings (SSSR count). The Labute approximate surface area is 120 Å². The van der Waals surface area contributed by atoms with Gasteiger partial charge in [0.2, 0.25) is 0 Å². The number of hydrogen-bond donors (Lipinski definition) is 2. The summed E-state index contributed by atoms with van der Waals surface area (Å²) >= 11 is 0. The highest BCUT2D eigenvalue weighted by molar-refractivity contribution is 5.36. The molecule has 0 bridgehead atoms. The van der Waals surface area contributed by atoms with Crippen LogP contribution in [0.15, 0.2) is 42.6 Å². The number of rotatable bonds is 6. The van der Waals surface area contributed by atoms with E-state index in [0.29, 0.717) is 0 Å². The van der Waals surface area contributed by atoms with Crippen LogP contribution >= 0.6 is 0 Å². The van der Waals surface area contributed by atoms with Crippen molar-refractivity contribution < 1.29 is 4.74 Å². The Kier molecular flexibility index (Phi) is 5.09. The standard InChI is InChI=1S/C16H21N3O/c1-3-12-8-9-13(18-11-12)10-15(19-17)14-6-4-5-7-16(14)20-2/h4-9,11,15,19H,3,10,17H2,1-2H3. The molecule has 0 fully saturated rings. The van der Waals surface area contributed by atoms with Crippen molar-refractivity contribution in [2.45, 2.75) is 25.8 Å². The van der Waals surface area contributed by atoms with Crippen molar-refractivity contribution in [2.24, 2.45) is 5.84 Å². The molecule has 4 nitrogen and oxygen atoms in total. The van der Waals surface area contributed by atoms with Gasteiger partial charge in [0, 0.05) is 23.9 Å². The maximum Gasteiger partial charge on any atom is 0.123 e. The van der Waals surface area contributed by atoms with Crippen molar-refractivity contribution in [3.8, 4) is 5.75 Å². The third-order valence-corrected chi connectivity index (χ3v) is 3.42. The van der Waals surface area contributed by atoms with Crippen LogP contribution in [-0.4, -0.2) is 12.1 Å². The molecule has 1 aromatic carbocycles. The first-order valence-electron chi connectivity index (χ1n) is 6.81. The fraction of sp³-hybridized carbons (Fsp3) is 0.312. The molecule has 0 aliphatic heterocycles. The van der Waals surface area contributed by atoms with Crippen molar-refractivity contribution in [3.05, 3.63) is 59.4 Å². The molecule has 2 aromatic rings. The van der Waals surface area contributed by atoms with Gasteiger partial charge in [0.1, 0.15) is 5.75 Å². The highest BCUT2D eigenvalue weighted by Crippen LogP contribution is 2.26. The summed E-state index contributed by atoms with van der Waals surface area (Å²) in [4.78, 5) is 4.48. The number of para-hydroxylation sites is 1. The van der Waals surface area contributed by atoms with Crippen LogP contribution in [0.2, 0.25) is 0 Å². The molecule has 20 heavy (non-hydrogen) atoms. The van der Waals surface area contributed by atoms with Crippen LogP contribution in [0.4, 0.5) is 0 Å². The van der Waals surface area contributed by atoms with E-state index in [4.69, 9.17) is 10.6 Å². The quantitative estimate of drug-likeness (QED) is 0.625. The van der Waals surface area contributed by atoms with E-state index >= 15 is 0 Å². The molecule has 1 aromatic heterocycles. The number of hydrogen-bond acceptors (Lipinski definition) is 4. The predicted octanol–water partition coefficient (Wildman–Crippen LogP) is 2.40.